The molecule has 6 heteroatoms. The Balaban J connectivity index is 1.38. The van der Waals surface area contributed by atoms with Gasteiger partial charge in [0.05, 0.1) is 4.58 Å². The average molecular weight is 367 g/mol. The molecule has 0 bridgehead atoms. The second-order valence-corrected chi connectivity index (χ2v) is 9.03. The third-order valence-electron chi connectivity index (χ3n) is 4.34. The van der Waals surface area contributed by atoms with Gasteiger partial charge in [-0.1, -0.05) is 12.1 Å². The fourth-order valence-electron chi connectivity index (χ4n) is 2.96. The molecule has 1 atom stereocenters. The second kappa shape index (κ2) is 9.59. The molecular formula is C18H26N2O2S2. The van der Waals surface area contributed by atoms with Crippen molar-refractivity contribution in [3.63, 3.8) is 0 Å². The summed E-state index contributed by atoms with van der Waals surface area (Å²) in [6.07, 6.45) is 3.69. The highest BCUT2D eigenvalue weighted by atomic mass is 32.2. The maximum atomic E-state index is 11.9. The maximum absolute atomic E-state index is 11.9. The Kier molecular flexibility index (Phi) is 7.17. The number of carbonyl (C=O) groups is 1. The van der Waals surface area contributed by atoms with Crippen molar-refractivity contribution in [2.75, 3.05) is 37.7 Å². The van der Waals surface area contributed by atoms with Crippen LogP contribution in [0.2, 0.25) is 0 Å². The van der Waals surface area contributed by atoms with Gasteiger partial charge in [-0.25, -0.2) is 0 Å². The van der Waals surface area contributed by atoms with Crippen LogP contribution in [0.3, 0.4) is 0 Å². The van der Waals surface area contributed by atoms with E-state index in [1.165, 1.54) is 36.3 Å². The van der Waals surface area contributed by atoms with Gasteiger partial charge in [0.25, 0.3) is 5.91 Å². The molecule has 2 heterocycles. The summed E-state index contributed by atoms with van der Waals surface area (Å²) in [4.78, 5) is 11.9. The zero-order valence-corrected chi connectivity index (χ0v) is 15.6. The van der Waals surface area contributed by atoms with Gasteiger partial charge in [0.15, 0.2) is 6.61 Å². The molecule has 2 saturated heterocycles. The highest BCUT2D eigenvalue weighted by Gasteiger charge is 2.17. The van der Waals surface area contributed by atoms with Crippen molar-refractivity contribution in [3.8, 4) is 5.75 Å². The zero-order chi connectivity index (χ0) is 16.6. The van der Waals surface area contributed by atoms with E-state index in [0.29, 0.717) is 10.5 Å². The van der Waals surface area contributed by atoms with Gasteiger partial charge in [-0.2, -0.15) is 0 Å². The zero-order valence-electron chi connectivity index (χ0n) is 14.0. The SMILES string of the molecule is O=C(COc1ccc(C2SCCCS2)cc1)NCC1CCCNC1. The molecule has 0 spiro atoms. The molecule has 24 heavy (non-hydrogen) atoms. The Morgan fingerprint density at radius 2 is 2.00 bits per heavy atom. The van der Waals surface area contributed by atoms with Crippen LogP contribution in [0.4, 0.5) is 0 Å². The standard InChI is InChI=1S/C18H26N2O2S2/c21-17(20-12-14-3-1-8-19-11-14)13-22-16-6-4-15(5-7-16)18-23-9-2-10-24-18/h4-7,14,18-19H,1-3,8-13H2,(H,20,21). The molecule has 1 aromatic rings. The number of thioether (sulfide) groups is 2. The first-order chi connectivity index (χ1) is 11.8. The molecule has 2 fully saturated rings. The monoisotopic (exact) mass is 366 g/mol. The number of carbonyl (C=O) groups excluding carboxylic acids is 1. The van der Waals surface area contributed by atoms with Gasteiger partial charge in [0.1, 0.15) is 5.75 Å². The lowest BCUT2D eigenvalue weighted by Crippen LogP contribution is -2.39. The third-order valence-corrected chi connectivity index (χ3v) is 7.35. The Labute approximate surface area is 152 Å². The van der Waals surface area contributed by atoms with Crippen LogP contribution in [0.15, 0.2) is 24.3 Å². The predicted octanol–water partition coefficient (Wildman–Crippen LogP) is 3.05. The fraction of sp³-hybridized carbons (Fsp3) is 0.611. The number of hydrogen-bond donors (Lipinski definition) is 2. The first-order valence-electron chi connectivity index (χ1n) is 8.74. The van der Waals surface area contributed by atoms with E-state index >= 15 is 0 Å². The molecule has 0 saturated carbocycles. The van der Waals surface area contributed by atoms with Gasteiger partial charge in [-0.3, -0.25) is 4.79 Å². The number of hydrogen-bond acceptors (Lipinski definition) is 5. The van der Waals surface area contributed by atoms with Crippen molar-refractivity contribution in [3.05, 3.63) is 29.8 Å². The Morgan fingerprint density at radius 1 is 1.21 bits per heavy atom. The minimum absolute atomic E-state index is 0.0389. The van der Waals surface area contributed by atoms with Gasteiger partial charge >= 0.3 is 0 Å². The van der Waals surface area contributed by atoms with Gasteiger partial charge in [0, 0.05) is 6.54 Å². The molecule has 0 aliphatic carbocycles. The van der Waals surface area contributed by atoms with Crippen molar-refractivity contribution in [1.29, 1.82) is 0 Å². The molecule has 1 amide bonds. The van der Waals surface area contributed by atoms with Crippen molar-refractivity contribution in [2.24, 2.45) is 5.92 Å². The van der Waals surface area contributed by atoms with Crippen molar-refractivity contribution < 1.29 is 9.53 Å². The third kappa shape index (κ3) is 5.60. The average Bonchev–Trinajstić information content (AvgIpc) is 2.67. The van der Waals surface area contributed by atoms with Gasteiger partial charge < -0.3 is 15.4 Å². The van der Waals surface area contributed by atoms with Gasteiger partial charge in [-0.05, 0) is 67.5 Å². The summed E-state index contributed by atoms with van der Waals surface area (Å²) >= 11 is 4.03. The molecule has 1 aromatic carbocycles. The van der Waals surface area contributed by atoms with E-state index < -0.39 is 0 Å². The van der Waals surface area contributed by atoms with Crippen LogP contribution >= 0.6 is 23.5 Å². The maximum Gasteiger partial charge on any atom is 0.257 e. The molecule has 4 nitrogen and oxygen atoms in total. The molecule has 2 N–H and O–H groups in total. The molecular weight excluding hydrogens is 340 g/mol. The van der Waals surface area contributed by atoms with Crippen LogP contribution in [0.25, 0.3) is 0 Å². The minimum Gasteiger partial charge on any atom is -0.484 e. The highest BCUT2D eigenvalue weighted by molar-refractivity contribution is 8.16. The lowest BCUT2D eigenvalue weighted by molar-refractivity contribution is -0.123. The Hall–Kier alpha value is -0.850. The first kappa shape index (κ1) is 18.0. The normalized spacial score (nSPS) is 22.1. The molecule has 2 aliphatic rings. The van der Waals surface area contributed by atoms with Crippen LogP contribution < -0.4 is 15.4 Å². The summed E-state index contributed by atoms with van der Waals surface area (Å²) in [5.41, 5.74) is 1.34. The molecule has 3 rings (SSSR count). The summed E-state index contributed by atoms with van der Waals surface area (Å²) in [6, 6.07) is 8.20. The number of amides is 1. The Bertz CT molecular complexity index is 512. The molecule has 1 unspecified atom stereocenters. The quantitative estimate of drug-likeness (QED) is 0.810. The van der Waals surface area contributed by atoms with Crippen LogP contribution in [-0.4, -0.2) is 43.7 Å². The van der Waals surface area contributed by atoms with Crippen LogP contribution in [0.5, 0.6) is 5.75 Å². The van der Waals surface area contributed by atoms with Gasteiger partial charge in [0.2, 0.25) is 0 Å². The topological polar surface area (TPSA) is 50.4 Å². The smallest absolute Gasteiger partial charge is 0.257 e. The molecule has 0 aromatic heterocycles. The fourth-order valence-corrected chi connectivity index (χ4v) is 5.85. The second-order valence-electron chi connectivity index (χ2n) is 6.30. The number of nitrogens with one attached hydrogen (secondary N) is 2. The Morgan fingerprint density at radius 3 is 2.71 bits per heavy atom. The van der Waals surface area contributed by atoms with E-state index in [-0.39, 0.29) is 12.5 Å². The van der Waals surface area contributed by atoms with E-state index in [2.05, 4.69) is 22.8 Å². The molecule has 132 valence electrons. The van der Waals surface area contributed by atoms with Crippen molar-refractivity contribution in [2.45, 2.75) is 23.8 Å². The lowest BCUT2D eigenvalue weighted by Gasteiger charge is -2.23. The predicted molar refractivity (Wildman–Crippen MR) is 103 cm³/mol. The van der Waals surface area contributed by atoms with E-state index in [9.17, 15) is 4.79 Å². The van der Waals surface area contributed by atoms with E-state index in [1.54, 1.807) is 0 Å². The van der Waals surface area contributed by atoms with Crippen molar-refractivity contribution >= 4 is 29.4 Å². The minimum atomic E-state index is -0.0389. The van der Waals surface area contributed by atoms with E-state index in [0.717, 1.165) is 25.4 Å². The summed E-state index contributed by atoms with van der Waals surface area (Å²) in [7, 11) is 0. The summed E-state index contributed by atoms with van der Waals surface area (Å²) in [6.45, 7) is 2.93. The summed E-state index contributed by atoms with van der Waals surface area (Å²) in [5, 5.41) is 6.34. The number of piperidine rings is 1. The lowest BCUT2D eigenvalue weighted by atomic mass is 10.00. The van der Waals surface area contributed by atoms with Gasteiger partial charge in [-0.15, -0.1) is 23.5 Å². The summed E-state index contributed by atoms with van der Waals surface area (Å²) in [5.74, 6) is 3.76. The van der Waals surface area contributed by atoms with E-state index in [1.807, 2.05) is 35.7 Å². The number of rotatable bonds is 6. The van der Waals surface area contributed by atoms with Crippen LogP contribution in [0.1, 0.15) is 29.4 Å². The van der Waals surface area contributed by atoms with E-state index in [4.69, 9.17) is 4.74 Å². The largest absolute Gasteiger partial charge is 0.484 e. The molecule has 2 aliphatic heterocycles. The van der Waals surface area contributed by atoms with Crippen LogP contribution in [0, 0.1) is 5.92 Å². The van der Waals surface area contributed by atoms with Crippen molar-refractivity contribution in [1.82, 2.24) is 10.6 Å². The molecule has 0 radical (unpaired) electrons. The van der Waals surface area contributed by atoms with Crippen LogP contribution in [-0.2, 0) is 4.79 Å². The number of benzene rings is 1. The highest BCUT2D eigenvalue weighted by Crippen LogP contribution is 2.43. The summed E-state index contributed by atoms with van der Waals surface area (Å²) < 4.78 is 6.15. The first-order valence-corrected chi connectivity index (χ1v) is 10.8. The number of ether oxygens (including phenoxy) is 1.